The van der Waals surface area contributed by atoms with E-state index < -0.39 is 0 Å². The summed E-state index contributed by atoms with van der Waals surface area (Å²) < 4.78 is 7.70. The minimum atomic E-state index is 0.0681. The zero-order valence-electron chi connectivity index (χ0n) is 10.9. The molecular weight excluding hydrogens is 294 g/mol. The molecule has 0 amide bonds. The van der Waals surface area contributed by atoms with Crippen LogP contribution in [0.15, 0.2) is 24.1 Å². The van der Waals surface area contributed by atoms with Crippen LogP contribution in [-0.2, 0) is 18.2 Å². The summed E-state index contributed by atoms with van der Waals surface area (Å²) in [4.78, 5) is 0.0681. The van der Waals surface area contributed by atoms with Crippen molar-refractivity contribution in [3.8, 4) is 0 Å². The summed E-state index contributed by atoms with van der Waals surface area (Å²) in [7, 11) is 1.97. The topological polar surface area (TPSA) is 39.1 Å². The number of dihydropyridines is 1. The molecule has 0 aromatic carbocycles. The van der Waals surface area contributed by atoms with Crippen LogP contribution in [0.3, 0.4) is 0 Å². The quantitative estimate of drug-likeness (QED) is 0.685. The van der Waals surface area contributed by atoms with Crippen LogP contribution in [-0.4, -0.2) is 21.3 Å². The van der Waals surface area contributed by atoms with Crippen molar-refractivity contribution in [1.29, 1.82) is 0 Å². The Morgan fingerprint density at radius 3 is 2.89 bits per heavy atom. The molecule has 0 aliphatic carbocycles. The standard InChI is InChI=1S/C13H18BrN3O/c1-9-11(10(2)17(3)16-9)6-8-18-12-5-4-7-15-13(12)14/h4-5,7,13,15H,6,8H2,1-3H3. The third kappa shape index (κ3) is 2.77. The summed E-state index contributed by atoms with van der Waals surface area (Å²) >= 11 is 3.50. The Balaban J connectivity index is 1.92. The lowest BCUT2D eigenvalue weighted by Crippen LogP contribution is -2.23. The second-order valence-electron chi connectivity index (χ2n) is 4.33. The Morgan fingerprint density at radius 1 is 1.50 bits per heavy atom. The van der Waals surface area contributed by atoms with Crippen molar-refractivity contribution in [2.75, 3.05) is 6.61 Å². The number of hydrogen-bond donors (Lipinski definition) is 1. The van der Waals surface area contributed by atoms with E-state index >= 15 is 0 Å². The molecule has 18 heavy (non-hydrogen) atoms. The molecule has 0 fully saturated rings. The largest absolute Gasteiger partial charge is 0.494 e. The first-order chi connectivity index (χ1) is 8.59. The highest BCUT2D eigenvalue weighted by atomic mass is 79.9. The van der Waals surface area contributed by atoms with Crippen LogP contribution in [0.2, 0.25) is 0 Å². The first-order valence-corrected chi connectivity index (χ1v) is 6.90. The highest BCUT2D eigenvalue weighted by molar-refractivity contribution is 9.09. The Labute approximate surface area is 116 Å². The molecule has 4 nitrogen and oxygen atoms in total. The number of allylic oxidation sites excluding steroid dienone is 2. The predicted molar refractivity (Wildman–Crippen MR) is 75.4 cm³/mol. The molecule has 1 aliphatic rings. The first-order valence-electron chi connectivity index (χ1n) is 5.98. The summed E-state index contributed by atoms with van der Waals surface area (Å²) in [5.74, 6) is 0.914. The highest BCUT2D eigenvalue weighted by Gasteiger charge is 2.13. The lowest BCUT2D eigenvalue weighted by Gasteiger charge is -2.18. The van der Waals surface area contributed by atoms with Gasteiger partial charge in [0, 0.05) is 19.2 Å². The van der Waals surface area contributed by atoms with E-state index in [9.17, 15) is 0 Å². The number of nitrogens with zero attached hydrogens (tertiary/aromatic N) is 2. The minimum absolute atomic E-state index is 0.0681. The molecule has 0 spiro atoms. The van der Waals surface area contributed by atoms with Crippen LogP contribution in [0.5, 0.6) is 0 Å². The van der Waals surface area contributed by atoms with E-state index in [1.54, 1.807) is 0 Å². The Bertz CT molecular complexity index is 491. The van der Waals surface area contributed by atoms with Crippen molar-refractivity contribution >= 4 is 15.9 Å². The van der Waals surface area contributed by atoms with Crippen molar-refractivity contribution in [2.24, 2.45) is 7.05 Å². The van der Waals surface area contributed by atoms with Crippen molar-refractivity contribution in [3.63, 3.8) is 0 Å². The number of aryl methyl sites for hydroxylation is 2. The van der Waals surface area contributed by atoms with Crippen molar-refractivity contribution in [3.05, 3.63) is 41.1 Å². The van der Waals surface area contributed by atoms with E-state index in [1.165, 1.54) is 11.3 Å². The van der Waals surface area contributed by atoms with Gasteiger partial charge in [0.2, 0.25) is 0 Å². The van der Waals surface area contributed by atoms with Crippen LogP contribution in [0.25, 0.3) is 0 Å². The van der Waals surface area contributed by atoms with Crippen molar-refractivity contribution in [2.45, 2.75) is 25.2 Å². The average molecular weight is 312 g/mol. The Morgan fingerprint density at radius 2 is 2.28 bits per heavy atom. The van der Waals surface area contributed by atoms with E-state index in [4.69, 9.17) is 4.74 Å². The molecule has 0 radical (unpaired) electrons. The van der Waals surface area contributed by atoms with Gasteiger partial charge < -0.3 is 10.1 Å². The number of rotatable bonds is 4. The van der Waals surface area contributed by atoms with Crippen LogP contribution in [0.1, 0.15) is 17.0 Å². The second-order valence-corrected chi connectivity index (χ2v) is 5.24. The van der Waals surface area contributed by atoms with Crippen LogP contribution in [0, 0.1) is 13.8 Å². The third-order valence-electron chi connectivity index (χ3n) is 3.13. The number of alkyl halides is 1. The maximum absolute atomic E-state index is 5.78. The van der Waals surface area contributed by atoms with Gasteiger partial charge in [0.05, 0.1) is 12.3 Å². The van der Waals surface area contributed by atoms with E-state index in [1.807, 2.05) is 37.0 Å². The molecule has 1 unspecified atom stereocenters. The van der Waals surface area contributed by atoms with Crippen LogP contribution >= 0.6 is 15.9 Å². The number of aromatic nitrogens is 2. The second kappa shape index (κ2) is 5.61. The summed E-state index contributed by atoms with van der Waals surface area (Å²) in [6.07, 6.45) is 6.68. The maximum Gasteiger partial charge on any atom is 0.140 e. The fourth-order valence-corrected chi connectivity index (χ4v) is 2.46. The Kier molecular flexibility index (Phi) is 4.11. The molecule has 1 N–H and O–H groups in total. The molecule has 98 valence electrons. The molecule has 5 heteroatoms. The number of ether oxygens (including phenoxy) is 1. The lowest BCUT2D eigenvalue weighted by molar-refractivity contribution is 0.205. The normalized spacial score (nSPS) is 18.4. The van der Waals surface area contributed by atoms with Crippen molar-refractivity contribution in [1.82, 2.24) is 15.1 Å². The molecule has 0 bridgehead atoms. The molecule has 0 saturated heterocycles. The zero-order chi connectivity index (χ0) is 13.1. The van der Waals surface area contributed by atoms with Gasteiger partial charge in [-0.1, -0.05) is 15.9 Å². The molecule has 1 atom stereocenters. The first kappa shape index (κ1) is 13.2. The van der Waals surface area contributed by atoms with E-state index in [0.717, 1.165) is 17.9 Å². The average Bonchev–Trinajstić information content (AvgIpc) is 2.58. The summed E-state index contributed by atoms with van der Waals surface area (Å²) in [5.41, 5.74) is 3.58. The Hall–Kier alpha value is -1.23. The third-order valence-corrected chi connectivity index (χ3v) is 3.84. The number of halogens is 1. The number of nitrogens with one attached hydrogen (secondary N) is 1. The maximum atomic E-state index is 5.78. The van der Waals surface area contributed by atoms with Crippen molar-refractivity contribution < 1.29 is 4.74 Å². The fourth-order valence-electron chi connectivity index (χ4n) is 2.02. The molecular formula is C13H18BrN3O. The van der Waals surface area contributed by atoms with Crippen LogP contribution in [0.4, 0.5) is 0 Å². The SMILES string of the molecule is Cc1nn(C)c(C)c1CCOC1=CC=CNC1Br. The minimum Gasteiger partial charge on any atom is -0.494 e. The van der Waals surface area contributed by atoms with Gasteiger partial charge in [-0.3, -0.25) is 4.68 Å². The fraction of sp³-hybridized carbons (Fsp3) is 0.462. The van der Waals surface area contributed by atoms with Crippen LogP contribution < -0.4 is 5.32 Å². The van der Waals surface area contributed by atoms with Gasteiger partial charge in [-0.05, 0) is 37.8 Å². The summed E-state index contributed by atoms with van der Waals surface area (Å²) in [6.45, 7) is 4.80. The van der Waals surface area contributed by atoms with Gasteiger partial charge in [-0.15, -0.1) is 0 Å². The summed E-state index contributed by atoms with van der Waals surface area (Å²) in [5, 5.41) is 7.54. The predicted octanol–water partition coefficient (Wildman–Crippen LogP) is 2.32. The van der Waals surface area contributed by atoms with Gasteiger partial charge >= 0.3 is 0 Å². The molecule has 2 rings (SSSR count). The highest BCUT2D eigenvalue weighted by Crippen LogP contribution is 2.17. The smallest absolute Gasteiger partial charge is 0.140 e. The number of hydrogen-bond acceptors (Lipinski definition) is 3. The molecule has 0 saturated carbocycles. The monoisotopic (exact) mass is 311 g/mol. The lowest BCUT2D eigenvalue weighted by atomic mass is 10.1. The zero-order valence-corrected chi connectivity index (χ0v) is 12.5. The molecule has 1 aromatic heterocycles. The van der Waals surface area contributed by atoms with Gasteiger partial charge in [0.25, 0.3) is 0 Å². The van der Waals surface area contributed by atoms with E-state index in [0.29, 0.717) is 6.61 Å². The molecule has 2 heterocycles. The molecule has 1 aromatic rings. The van der Waals surface area contributed by atoms with E-state index in [-0.39, 0.29) is 4.95 Å². The summed E-state index contributed by atoms with van der Waals surface area (Å²) in [6, 6.07) is 0. The van der Waals surface area contributed by atoms with Gasteiger partial charge in [0.1, 0.15) is 10.7 Å². The van der Waals surface area contributed by atoms with Gasteiger partial charge in [0.15, 0.2) is 0 Å². The molecule has 1 aliphatic heterocycles. The van der Waals surface area contributed by atoms with Gasteiger partial charge in [-0.2, -0.15) is 5.10 Å². The van der Waals surface area contributed by atoms with Gasteiger partial charge in [-0.25, -0.2) is 0 Å². The van der Waals surface area contributed by atoms with E-state index in [2.05, 4.69) is 33.3 Å².